The van der Waals surface area contributed by atoms with Crippen molar-refractivity contribution in [3.8, 4) is 0 Å². The first-order chi connectivity index (χ1) is 17.5. The number of alkyl halides is 3. The van der Waals surface area contributed by atoms with Crippen LogP contribution in [0.3, 0.4) is 0 Å². The summed E-state index contributed by atoms with van der Waals surface area (Å²) in [5.74, 6) is -2.70. The van der Waals surface area contributed by atoms with Gasteiger partial charge in [0.05, 0.1) is 24.4 Å². The Kier molecular flexibility index (Phi) is 8.23. The Morgan fingerprint density at radius 1 is 1.14 bits per heavy atom. The van der Waals surface area contributed by atoms with Crippen LogP contribution in [-0.4, -0.2) is 72.3 Å². The van der Waals surface area contributed by atoms with Gasteiger partial charge in [0.1, 0.15) is 5.82 Å². The topological polar surface area (TPSA) is 79.2 Å². The summed E-state index contributed by atoms with van der Waals surface area (Å²) in [6, 6.07) is 13.7. The minimum absolute atomic E-state index is 0.0976. The molecule has 0 aromatic heterocycles. The summed E-state index contributed by atoms with van der Waals surface area (Å²) in [5.41, 5.74) is 4.13. The summed E-state index contributed by atoms with van der Waals surface area (Å²) < 4.78 is 57.6. The highest BCUT2D eigenvalue weighted by Gasteiger charge is 2.42. The molecule has 2 aromatic carbocycles. The molecule has 6 nitrogen and oxygen atoms in total. The van der Waals surface area contributed by atoms with Crippen molar-refractivity contribution in [3.63, 3.8) is 0 Å². The lowest BCUT2D eigenvalue weighted by molar-refractivity contribution is -0.192. The number of hydrogen-bond donors (Lipinski definition) is 2. The van der Waals surface area contributed by atoms with Gasteiger partial charge in [0, 0.05) is 32.7 Å². The van der Waals surface area contributed by atoms with E-state index in [0.717, 1.165) is 50.9 Å². The molecular formula is C27H31F4NO5. The predicted octanol–water partition coefficient (Wildman–Crippen LogP) is 4.45. The smallest absolute Gasteiger partial charge is 0.475 e. The van der Waals surface area contributed by atoms with Crippen LogP contribution < -0.4 is 0 Å². The normalized spacial score (nSPS) is 24.6. The van der Waals surface area contributed by atoms with Crippen molar-refractivity contribution in [3.05, 3.63) is 70.5 Å². The van der Waals surface area contributed by atoms with Gasteiger partial charge in [-0.3, -0.25) is 0 Å². The highest BCUT2D eigenvalue weighted by molar-refractivity contribution is 5.73. The van der Waals surface area contributed by atoms with Crippen LogP contribution in [0.4, 0.5) is 17.6 Å². The Bertz CT molecular complexity index is 1100. The summed E-state index contributed by atoms with van der Waals surface area (Å²) in [4.78, 5) is 11.3. The van der Waals surface area contributed by atoms with E-state index in [1.165, 1.54) is 16.7 Å². The number of methoxy groups -OCH3 is 1. The molecule has 202 valence electrons. The minimum Gasteiger partial charge on any atom is -0.475 e. The molecule has 0 radical (unpaired) electrons. The van der Waals surface area contributed by atoms with Gasteiger partial charge in [0.2, 0.25) is 0 Å². The number of piperidine rings is 1. The fraction of sp³-hybridized carbons (Fsp3) is 0.519. The third-order valence-electron chi connectivity index (χ3n) is 7.38. The number of carboxylic acid groups (broad SMARTS) is 1. The number of halogens is 4. The minimum atomic E-state index is -5.08. The van der Waals surface area contributed by atoms with Gasteiger partial charge in [-0.1, -0.05) is 30.3 Å². The van der Waals surface area contributed by atoms with E-state index < -0.39 is 17.7 Å². The van der Waals surface area contributed by atoms with Crippen molar-refractivity contribution in [2.24, 2.45) is 0 Å². The van der Waals surface area contributed by atoms with Crippen molar-refractivity contribution in [1.29, 1.82) is 0 Å². The first kappa shape index (κ1) is 27.5. The molecule has 1 aliphatic carbocycles. The fourth-order valence-electron chi connectivity index (χ4n) is 5.57. The first-order valence-electron chi connectivity index (χ1n) is 12.2. The maximum absolute atomic E-state index is 14.1. The molecule has 3 unspecified atom stereocenters. The Balaban J connectivity index is 0.000000405. The summed E-state index contributed by atoms with van der Waals surface area (Å²) in [5, 5.41) is 17.7. The number of ether oxygens (including phenoxy) is 2. The highest BCUT2D eigenvalue weighted by Crippen LogP contribution is 2.49. The van der Waals surface area contributed by atoms with E-state index in [2.05, 4.69) is 29.2 Å². The quantitative estimate of drug-likeness (QED) is 0.575. The highest BCUT2D eigenvalue weighted by atomic mass is 19.4. The molecule has 2 aliphatic heterocycles. The number of benzene rings is 2. The molecule has 2 aromatic rings. The molecule has 0 bridgehead atoms. The Labute approximate surface area is 212 Å². The maximum atomic E-state index is 14.1. The van der Waals surface area contributed by atoms with Gasteiger partial charge in [-0.05, 0) is 60.1 Å². The molecule has 10 heteroatoms. The number of likely N-dealkylation sites (tertiary alicyclic amines) is 1. The van der Waals surface area contributed by atoms with Gasteiger partial charge in [0.25, 0.3) is 0 Å². The van der Waals surface area contributed by atoms with Crippen LogP contribution in [0.2, 0.25) is 0 Å². The van der Waals surface area contributed by atoms with Crippen LogP contribution in [0.25, 0.3) is 0 Å². The zero-order valence-electron chi connectivity index (χ0n) is 20.5. The number of nitrogens with zero attached hydrogens (tertiary/aromatic N) is 1. The fourth-order valence-corrected chi connectivity index (χ4v) is 5.57. The second-order valence-corrected chi connectivity index (χ2v) is 10.0. The zero-order valence-corrected chi connectivity index (χ0v) is 20.5. The van der Waals surface area contributed by atoms with E-state index in [9.17, 15) is 22.7 Å². The van der Waals surface area contributed by atoms with Crippen LogP contribution in [0.15, 0.2) is 42.5 Å². The number of aliphatic hydroxyl groups is 1. The molecule has 2 fully saturated rings. The van der Waals surface area contributed by atoms with Crippen molar-refractivity contribution < 1.29 is 42.0 Å². The second kappa shape index (κ2) is 11.1. The van der Waals surface area contributed by atoms with Crippen LogP contribution in [-0.2, 0) is 20.7 Å². The average Bonchev–Trinajstić information content (AvgIpc) is 3.20. The molecule has 0 saturated carbocycles. The molecule has 2 N–H and O–H groups in total. The van der Waals surface area contributed by atoms with Crippen molar-refractivity contribution in [1.82, 2.24) is 4.90 Å². The van der Waals surface area contributed by atoms with E-state index in [-0.39, 0.29) is 23.9 Å². The van der Waals surface area contributed by atoms with Gasteiger partial charge in [-0.15, -0.1) is 0 Å². The molecule has 3 atom stereocenters. The van der Waals surface area contributed by atoms with E-state index in [0.29, 0.717) is 6.61 Å². The van der Waals surface area contributed by atoms with E-state index >= 15 is 0 Å². The number of carboxylic acids is 1. The SMILES string of the molecule is COCC1(O)CCN(CC2CC3c4ccccc4Cc4ccc(F)cc4C3O2)CC1.O=C(O)C(F)(F)F. The van der Waals surface area contributed by atoms with Crippen LogP contribution in [0, 0.1) is 5.82 Å². The van der Waals surface area contributed by atoms with Gasteiger partial charge in [-0.25, -0.2) is 9.18 Å². The molecule has 5 rings (SSSR count). The maximum Gasteiger partial charge on any atom is 0.490 e. The Hall–Kier alpha value is -2.53. The number of rotatable bonds is 4. The number of hydrogen-bond acceptors (Lipinski definition) is 5. The monoisotopic (exact) mass is 525 g/mol. The predicted molar refractivity (Wildman–Crippen MR) is 127 cm³/mol. The van der Waals surface area contributed by atoms with Crippen LogP contribution in [0.1, 0.15) is 53.5 Å². The molecule has 2 saturated heterocycles. The molecular weight excluding hydrogens is 494 g/mol. The molecule has 2 heterocycles. The largest absolute Gasteiger partial charge is 0.490 e. The molecule has 0 amide bonds. The summed E-state index contributed by atoms with van der Waals surface area (Å²) in [6.07, 6.45) is -1.86. The van der Waals surface area contributed by atoms with Gasteiger partial charge < -0.3 is 24.6 Å². The summed E-state index contributed by atoms with van der Waals surface area (Å²) in [7, 11) is 1.64. The van der Waals surface area contributed by atoms with Gasteiger partial charge in [-0.2, -0.15) is 13.2 Å². The van der Waals surface area contributed by atoms with Crippen molar-refractivity contribution in [2.75, 3.05) is 33.4 Å². The lowest BCUT2D eigenvalue weighted by Crippen LogP contribution is -2.48. The molecule has 37 heavy (non-hydrogen) atoms. The van der Waals surface area contributed by atoms with Crippen molar-refractivity contribution >= 4 is 5.97 Å². The number of aliphatic carboxylic acids is 1. The Morgan fingerprint density at radius 3 is 2.43 bits per heavy atom. The van der Waals surface area contributed by atoms with Crippen LogP contribution in [0.5, 0.6) is 0 Å². The van der Waals surface area contributed by atoms with Crippen LogP contribution >= 0.6 is 0 Å². The van der Waals surface area contributed by atoms with E-state index in [1.54, 1.807) is 19.2 Å². The van der Waals surface area contributed by atoms with Gasteiger partial charge in [0.15, 0.2) is 0 Å². The van der Waals surface area contributed by atoms with Gasteiger partial charge >= 0.3 is 12.1 Å². The van der Waals surface area contributed by atoms with E-state index in [1.807, 2.05) is 6.07 Å². The lowest BCUT2D eigenvalue weighted by atomic mass is 9.87. The third kappa shape index (κ3) is 6.49. The molecule has 3 aliphatic rings. The standard InChI is InChI=1S/C25H30FNO3.C2HF3O2/c1-29-16-25(28)8-10-27(11-9-25)15-20-14-23-21-5-3-2-4-17(21)12-18-6-7-19(26)13-22(18)24(23)30-20;3-2(4,5)1(6)7/h2-7,13,20,23-24,28H,8-12,14-16H2,1H3;(H,6,7). The molecule has 0 spiro atoms. The van der Waals surface area contributed by atoms with Crippen molar-refractivity contribution in [2.45, 2.75) is 55.6 Å². The number of fused-ring (bicyclic) bond motifs is 5. The Morgan fingerprint density at radius 2 is 1.78 bits per heavy atom. The zero-order chi connectivity index (χ0) is 26.8. The number of carbonyl (C=O) groups is 1. The third-order valence-corrected chi connectivity index (χ3v) is 7.38. The summed E-state index contributed by atoms with van der Waals surface area (Å²) in [6.45, 7) is 2.93. The average molecular weight is 526 g/mol. The lowest BCUT2D eigenvalue weighted by Gasteiger charge is -2.38. The second-order valence-electron chi connectivity index (χ2n) is 10.0. The summed E-state index contributed by atoms with van der Waals surface area (Å²) >= 11 is 0. The first-order valence-corrected chi connectivity index (χ1v) is 12.2. The van der Waals surface area contributed by atoms with E-state index in [4.69, 9.17) is 19.4 Å².